The fraction of sp³-hybridized carbons (Fsp3) is 0.259. The van der Waals surface area contributed by atoms with Crippen molar-refractivity contribution in [2.75, 3.05) is 0 Å². The minimum atomic E-state index is -0.967. The number of carboxylic acids is 1. The molecule has 2 aromatic heterocycles. The number of rotatable bonds is 5. The predicted molar refractivity (Wildman–Crippen MR) is 131 cm³/mol. The number of para-hydroxylation sites is 1. The van der Waals surface area contributed by atoms with Crippen LogP contribution in [0, 0.1) is 6.92 Å². The highest BCUT2D eigenvalue weighted by molar-refractivity contribution is 5.89. The molecule has 1 aliphatic carbocycles. The smallest absolute Gasteiger partial charge is 0.335 e. The molecule has 0 amide bonds. The van der Waals surface area contributed by atoms with Crippen LogP contribution in [0.25, 0.3) is 22.2 Å². The van der Waals surface area contributed by atoms with Gasteiger partial charge in [0.2, 0.25) is 0 Å². The van der Waals surface area contributed by atoms with Gasteiger partial charge in [-0.2, -0.15) is 9.78 Å². The Hall–Kier alpha value is -4.00. The summed E-state index contributed by atoms with van der Waals surface area (Å²) in [5.41, 5.74) is 2.34. The number of hydrogen-bond acceptors (Lipinski definition) is 5. The van der Waals surface area contributed by atoms with Crippen molar-refractivity contribution in [2.45, 2.75) is 44.9 Å². The van der Waals surface area contributed by atoms with E-state index >= 15 is 0 Å². The molecule has 2 heterocycles. The van der Waals surface area contributed by atoms with Gasteiger partial charge >= 0.3 is 5.97 Å². The first-order chi connectivity index (χ1) is 16.5. The summed E-state index contributed by atoms with van der Waals surface area (Å²) in [6.07, 6.45) is 6.99. The number of aromatic nitrogens is 2. The normalized spacial score (nSPS) is 14.7. The molecule has 1 N–H and O–H groups in total. The van der Waals surface area contributed by atoms with Crippen molar-refractivity contribution >= 4 is 23.1 Å². The molecule has 1 saturated carbocycles. The van der Waals surface area contributed by atoms with Crippen LogP contribution in [-0.2, 0) is 0 Å². The van der Waals surface area contributed by atoms with E-state index in [9.17, 15) is 14.7 Å². The molecule has 2 aromatic carbocycles. The van der Waals surface area contributed by atoms with Gasteiger partial charge in [-0.1, -0.05) is 37.5 Å². The minimum Gasteiger partial charge on any atom is -0.478 e. The fourth-order valence-electron chi connectivity index (χ4n) is 4.63. The van der Waals surface area contributed by atoms with E-state index in [2.05, 4.69) is 5.10 Å². The lowest BCUT2D eigenvalue weighted by Crippen LogP contribution is -2.25. The number of carbonyl (C=O) groups is 1. The highest BCUT2D eigenvalue weighted by Crippen LogP contribution is 2.32. The van der Waals surface area contributed by atoms with Crippen molar-refractivity contribution in [1.29, 1.82) is 0 Å². The Morgan fingerprint density at radius 3 is 2.68 bits per heavy atom. The minimum absolute atomic E-state index is 0.186. The lowest BCUT2D eigenvalue weighted by atomic mass is 9.88. The molecule has 7 heteroatoms. The topological polar surface area (TPSA) is 97.7 Å². The lowest BCUT2D eigenvalue weighted by Gasteiger charge is -2.22. The van der Waals surface area contributed by atoms with E-state index in [-0.39, 0.29) is 17.0 Å². The molecule has 0 radical (unpaired) electrons. The maximum Gasteiger partial charge on any atom is 0.335 e. The molecule has 7 nitrogen and oxygen atoms in total. The SMILES string of the molecule is Cc1cc(C(=O)O)ccc1-c1ccc(C=Nn2c(C3CCCCC3)nc3ccccc3c2=O)o1. The second kappa shape index (κ2) is 9.09. The quantitative estimate of drug-likeness (QED) is 0.396. The van der Waals surface area contributed by atoms with E-state index in [1.54, 1.807) is 30.3 Å². The highest BCUT2D eigenvalue weighted by Gasteiger charge is 2.22. The van der Waals surface area contributed by atoms with Gasteiger partial charge in [0.15, 0.2) is 0 Å². The van der Waals surface area contributed by atoms with Crippen molar-refractivity contribution in [2.24, 2.45) is 5.10 Å². The van der Waals surface area contributed by atoms with Gasteiger partial charge in [0.05, 0.1) is 22.7 Å². The Bertz CT molecular complexity index is 1460. The summed E-state index contributed by atoms with van der Waals surface area (Å²) in [5.74, 6) is 1.03. The number of benzene rings is 2. The van der Waals surface area contributed by atoms with Crippen LogP contribution in [0.1, 0.15) is 65.5 Å². The van der Waals surface area contributed by atoms with E-state index in [0.29, 0.717) is 28.2 Å². The first-order valence-corrected chi connectivity index (χ1v) is 11.5. The highest BCUT2D eigenvalue weighted by atomic mass is 16.4. The molecule has 0 saturated heterocycles. The van der Waals surface area contributed by atoms with Crippen LogP contribution >= 0.6 is 0 Å². The zero-order valence-electron chi connectivity index (χ0n) is 18.9. The number of nitrogens with zero attached hydrogens (tertiary/aromatic N) is 3. The molecule has 4 aromatic rings. The zero-order chi connectivity index (χ0) is 23.7. The molecule has 0 spiro atoms. The molecule has 172 valence electrons. The van der Waals surface area contributed by atoms with Crippen LogP contribution in [0.4, 0.5) is 0 Å². The largest absolute Gasteiger partial charge is 0.478 e. The summed E-state index contributed by atoms with van der Waals surface area (Å²) in [6.45, 7) is 1.84. The van der Waals surface area contributed by atoms with Gasteiger partial charge in [0.1, 0.15) is 17.3 Å². The molecule has 34 heavy (non-hydrogen) atoms. The summed E-state index contributed by atoms with van der Waals surface area (Å²) in [4.78, 5) is 29.3. The lowest BCUT2D eigenvalue weighted by molar-refractivity contribution is 0.0697. The van der Waals surface area contributed by atoms with Gasteiger partial charge in [-0.05, 0) is 61.7 Å². The number of aromatic carboxylic acids is 1. The molecular formula is C27H25N3O4. The second-order valence-corrected chi connectivity index (χ2v) is 8.72. The van der Waals surface area contributed by atoms with E-state index in [1.165, 1.54) is 17.3 Å². The Morgan fingerprint density at radius 1 is 1.12 bits per heavy atom. The molecular weight excluding hydrogens is 430 g/mol. The number of fused-ring (bicyclic) bond motifs is 1. The van der Waals surface area contributed by atoms with Crippen LogP contribution in [0.15, 0.2) is 68.9 Å². The van der Waals surface area contributed by atoms with Crippen LogP contribution in [0.2, 0.25) is 0 Å². The standard InChI is InChI=1S/C27H25N3O4/c1-17-15-19(27(32)33)11-13-21(17)24-14-12-20(34-24)16-28-30-25(18-7-3-2-4-8-18)29-23-10-6-5-9-22(23)26(30)31/h5-6,9-16,18H,2-4,7-8H2,1H3,(H,32,33). The summed E-state index contributed by atoms with van der Waals surface area (Å²) in [6, 6.07) is 15.9. The van der Waals surface area contributed by atoms with Gasteiger partial charge in [-0.15, -0.1) is 0 Å². The van der Waals surface area contributed by atoms with E-state index < -0.39 is 5.97 Å². The Labute approximate surface area is 196 Å². The van der Waals surface area contributed by atoms with Crippen LogP contribution in [-0.4, -0.2) is 27.0 Å². The van der Waals surface area contributed by atoms with Crippen LogP contribution < -0.4 is 5.56 Å². The molecule has 0 unspecified atom stereocenters. The first kappa shape index (κ1) is 21.8. The molecule has 5 rings (SSSR count). The maximum absolute atomic E-state index is 13.3. The Kier molecular flexibility index (Phi) is 5.84. The average molecular weight is 456 g/mol. The molecule has 0 bridgehead atoms. The molecule has 0 aliphatic heterocycles. The van der Waals surface area contributed by atoms with E-state index in [0.717, 1.165) is 36.8 Å². The van der Waals surface area contributed by atoms with Gasteiger partial charge in [-0.3, -0.25) is 4.79 Å². The number of carboxylic acid groups (broad SMARTS) is 1. The summed E-state index contributed by atoms with van der Waals surface area (Å²) in [5, 5.41) is 14.2. The number of furan rings is 1. The van der Waals surface area contributed by atoms with E-state index in [1.807, 2.05) is 31.2 Å². The predicted octanol–water partition coefficient (Wildman–Crippen LogP) is 5.59. The molecule has 1 fully saturated rings. The van der Waals surface area contributed by atoms with Gasteiger partial charge in [-0.25, -0.2) is 9.78 Å². The summed E-state index contributed by atoms with van der Waals surface area (Å²) in [7, 11) is 0. The third-order valence-electron chi connectivity index (χ3n) is 6.42. The monoisotopic (exact) mass is 455 g/mol. The fourth-order valence-corrected chi connectivity index (χ4v) is 4.63. The third kappa shape index (κ3) is 4.17. The van der Waals surface area contributed by atoms with Crippen molar-refractivity contribution < 1.29 is 14.3 Å². The van der Waals surface area contributed by atoms with Crippen molar-refractivity contribution in [3.05, 3.63) is 87.7 Å². The summed E-state index contributed by atoms with van der Waals surface area (Å²) < 4.78 is 7.38. The van der Waals surface area contributed by atoms with Crippen LogP contribution in [0.3, 0.4) is 0 Å². The Balaban J connectivity index is 1.51. The van der Waals surface area contributed by atoms with Crippen molar-refractivity contribution in [3.8, 4) is 11.3 Å². The maximum atomic E-state index is 13.3. The van der Waals surface area contributed by atoms with E-state index in [4.69, 9.17) is 9.40 Å². The van der Waals surface area contributed by atoms with Gasteiger partial charge in [0, 0.05) is 11.5 Å². The van der Waals surface area contributed by atoms with Crippen molar-refractivity contribution in [3.63, 3.8) is 0 Å². The number of hydrogen-bond donors (Lipinski definition) is 1. The number of aryl methyl sites for hydroxylation is 1. The van der Waals surface area contributed by atoms with Crippen molar-refractivity contribution in [1.82, 2.24) is 9.66 Å². The third-order valence-corrected chi connectivity index (χ3v) is 6.42. The van der Waals surface area contributed by atoms with Gasteiger partial charge < -0.3 is 9.52 Å². The zero-order valence-corrected chi connectivity index (χ0v) is 18.9. The summed E-state index contributed by atoms with van der Waals surface area (Å²) >= 11 is 0. The average Bonchev–Trinajstić information content (AvgIpc) is 3.32. The molecule has 0 atom stereocenters. The molecule has 1 aliphatic rings. The second-order valence-electron chi connectivity index (χ2n) is 8.72. The van der Waals surface area contributed by atoms with Gasteiger partial charge in [0.25, 0.3) is 5.56 Å². The Morgan fingerprint density at radius 2 is 1.91 bits per heavy atom. The first-order valence-electron chi connectivity index (χ1n) is 11.5. The van der Waals surface area contributed by atoms with Crippen LogP contribution in [0.5, 0.6) is 0 Å².